The molecule has 4 heteroatoms. The highest BCUT2D eigenvalue weighted by Crippen LogP contribution is 2.14. The van der Waals surface area contributed by atoms with Crippen molar-refractivity contribution in [2.75, 3.05) is 31.1 Å². The molecular weight excluding hydrogens is 230 g/mol. The summed E-state index contributed by atoms with van der Waals surface area (Å²) in [6.07, 6.45) is 1.83. The molecule has 0 aromatic carbocycles. The van der Waals surface area contributed by atoms with Crippen molar-refractivity contribution >= 4 is 21.7 Å². The van der Waals surface area contributed by atoms with E-state index < -0.39 is 0 Å². The van der Waals surface area contributed by atoms with Crippen LogP contribution in [-0.4, -0.2) is 31.2 Å². The predicted octanol–water partition coefficient (Wildman–Crippen LogP) is 1.27. The Morgan fingerprint density at radius 1 is 1.23 bits per heavy atom. The minimum Gasteiger partial charge on any atom is -0.354 e. The summed E-state index contributed by atoms with van der Waals surface area (Å²) in [5, 5.41) is 4.29. The van der Waals surface area contributed by atoms with Crippen molar-refractivity contribution in [2.45, 2.75) is 0 Å². The fourth-order valence-corrected chi connectivity index (χ4v) is 1.63. The van der Waals surface area contributed by atoms with Gasteiger partial charge in [0.2, 0.25) is 0 Å². The van der Waals surface area contributed by atoms with Crippen LogP contribution in [0, 0.1) is 0 Å². The zero-order valence-corrected chi connectivity index (χ0v) is 8.87. The number of aromatic nitrogens is 1. The van der Waals surface area contributed by atoms with Crippen molar-refractivity contribution < 1.29 is 0 Å². The van der Waals surface area contributed by atoms with E-state index in [0.717, 1.165) is 36.5 Å². The van der Waals surface area contributed by atoms with Crippen molar-refractivity contribution in [3.8, 4) is 0 Å². The Balaban J connectivity index is 2.10. The zero-order chi connectivity index (χ0) is 9.10. The maximum absolute atomic E-state index is 4.34. The zero-order valence-electron chi connectivity index (χ0n) is 7.28. The standard InChI is InChI=1S/C9H11BrN3/c10-8-1-2-9(12-7-8)13-5-3-11-4-6-13/h1-2,7H,3-6H2. The van der Waals surface area contributed by atoms with Gasteiger partial charge in [-0.05, 0) is 28.1 Å². The van der Waals surface area contributed by atoms with Crippen LogP contribution in [0.2, 0.25) is 0 Å². The Morgan fingerprint density at radius 2 is 2.00 bits per heavy atom. The molecule has 1 aromatic rings. The molecule has 69 valence electrons. The van der Waals surface area contributed by atoms with E-state index in [1.807, 2.05) is 18.3 Å². The highest BCUT2D eigenvalue weighted by molar-refractivity contribution is 9.10. The quantitative estimate of drug-likeness (QED) is 0.741. The van der Waals surface area contributed by atoms with E-state index in [9.17, 15) is 0 Å². The summed E-state index contributed by atoms with van der Waals surface area (Å²) in [6, 6.07) is 4.06. The molecule has 13 heavy (non-hydrogen) atoms. The molecule has 0 saturated carbocycles. The van der Waals surface area contributed by atoms with Crippen molar-refractivity contribution in [1.29, 1.82) is 0 Å². The number of rotatable bonds is 1. The van der Waals surface area contributed by atoms with Crippen LogP contribution in [0.3, 0.4) is 0 Å². The van der Waals surface area contributed by atoms with Gasteiger partial charge in [0.15, 0.2) is 0 Å². The topological polar surface area (TPSA) is 30.2 Å². The van der Waals surface area contributed by atoms with Crippen LogP contribution in [0.5, 0.6) is 0 Å². The Labute approximate surface area is 86.3 Å². The molecular formula is C9H11BrN3. The second-order valence-corrected chi connectivity index (χ2v) is 3.91. The van der Waals surface area contributed by atoms with Gasteiger partial charge in [-0.15, -0.1) is 0 Å². The molecule has 1 aliphatic heterocycles. The molecule has 0 aliphatic carbocycles. The first-order valence-electron chi connectivity index (χ1n) is 4.36. The summed E-state index contributed by atoms with van der Waals surface area (Å²) >= 11 is 3.37. The highest BCUT2D eigenvalue weighted by Gasteiger charge is 2.11. The van der Waals surface area contributed by atoms with E-state index in [0.29, 0.717) is 0 Å². The summed E-state index contributed by atoms with van der Waals surface area (Å²) < 4.78 is 1.03. The molecule has 0 unspecified atom stereocenters. The van der Waals surface area contributed by atoms with E-state index in [2.05, 4.69) is 31.1 Å². The van der Waals surface area contributed by atoms with Gasteiger partial charge in [-0.2, -0.15) is 0 Å². The van der Waals surface area contributed by atoms with Crippen LogP contribution in [-0.2, 0) is 0 Å². The lowest BCUT2D eigenvalue weighted by atomic mass is 10.3. The normalized spacial score (nSPS) is 17.5. The van der Waals surface area contributed by atoms with E-state index in [1.165, 1.54) is 0 Å². The van der Waals surface area contributed by atoms with Gasteiger partial charge >= 0.3 is 0 Å². The molecule has 0 N–H and O–H groups in total. The van der Waals surface area contributed by atoms with E-state index in [1.54, 1.807) is 0 Å². The molecule has 1 saturated heterocycles. The van der Waals surface area contributed by atoms with Crippen LogP contribution in [0.1, 0.15) is 0 Å². The van der Waals surface area contributed by atoms with Gasteiger partial charge in [0.25, 0.3) is 0 Å². The Kier molecular flexibility index (Phi) is 2.80. The van der Waals surface area contributed by atoms with Crippen molar-refractivity contribution in [2.24, 2.45) is 0 Å². The Bertz CT molecular complexity index is 267. The van der Waals surface area contributed by atoms with Gasteiger partial charge in [-0.3, -0.25) is 0 Å². The van der Waals surface area contributed by atoms with Gasteiger partial charge in [0.05, 0.1) is 0 Å². The number of halogens is 1. The second kappa shape index (κ2) is 4.07. The minimum atomic E-state index is 0.928. The second-order valence-electron chi connectivity index (χ2n) is 2.99. The molecule has 1 fully saturated rings. The first-order valence-corrected chi connectivity index (χ1v) is 5.15. The van der Waals surface area contributed by atoms with Gasteiger partial charge in [0, 0.05) is 36.8 Å². The van der Waals surface area contributed by atoms with Crippen LogP contribution < -0.4 is 10.2 Å². The Hall–Kier alpha value is -0.610. The maximum Gasteiger partial charge on any atom is 0.128 e. The summed E-state index contributed by atoms with van der Waals surface area (Å²) in [4.78, 5) is 6.60. The first-order chi connectivity index (χ1) is 6.36. The third-order valence-electron chi connectivity index (χ3n) is 2.09. The van der Waals surface area contributed by atoms with Crippen molar-refractivity contribution in [3.63, 3.8) is 0 Å². The monoisotopic (exact) mass is 240 g/mol. The number of nitrogens with zero attached hydrogens (tertiary/aromatic N) is 3. The first kappa shape index (κ1) is 8.97. The van der Waals surface area contributed by atoms with Crippen LogP contribution in [0.15, 0.2) is 22.8 Å². The minimum absolute atomic E-state index is 0.928. The lowest BCUT2D eigenvalue weighted by Crippen LogP contribution is -2.40. The maximum atomic E-state index is 4.34. The third-order valence-corrected chi connectivity index (χ3v) is 2.56. The molecule has 0 amide bonds. The summed E-state index contributed by atoms with van der Waals surface area (Å²) in [7, 11) is 0. The van der Waals surface area contributed by atoms with Gasteiger partial charge in [-0.1, -0.05) is 0 Å². The van der Waals surface area contributed by atoms with Crippen molar-refractivity contribution in [1.82, 2.24) is 10.3 Å². The van der Waals surface area contributed by atoms with Gasteiger partial charge in [0.1, 0.15) is 5.82 Å². The summed E-state index contributed by atoms with van der Waals surface area (Å²) in [5.41, 5.74) is 0. The number of piperazine rings is 1. The van der Waals surface area contributed by atoms with Crippen LogP contribution in [0.4, 0.5) is 5.82 Å². The molecule has 0 bridgehead atoms. The Morgan fingerprint density at radius 3 is 2.62 bits per heavy atom. The number of hydrogen-bond acceptors (Lipinski definition) is 2. The fourth-order valence-electron chi connectivity index (χ4n) is 1.39. The fraction of sp³-hybridized carbons (Fsp3) is 0.444. The average Bonchev–Trinajstić information content (AvgIpc) is 2.20. The lowest BCUT2D eigenvalue weighted by Gasteiger charge is -2.27. The SMILES string of the molecule is Brc1ccc(N2CC[N]CC2)nc1. The molecule has 2 heterocycles. The summed E-state index contributed by atoms with van der Waals surface area (Å²) in [6.45, 7) is 3.85. The molecule has 1 radical (unpaired) electrons. The number of anilines is 1. The van der Waals surface area contributed by atoms with Crippen molar-refractivity contribution in [3.05, 3.63) is 22.8 Å². The van der Waals surface area contributed by atoms with E-state index in [-0.39, 0.29) is 0 Å². The average molecular weight is 241 g/mol. The molecule has 2 rings (SSSR count). The van der Waals surface area contributed by atoms with Crippen LogP contribution >= 0.6 is 15.9 Å². The largest absolute Gasteiger partial charge is 0.354 e. The smallest absolute Gasteiger partial charge is 0.128 e. The highest BCUT2D eigenvalue weighted by atomic mass is 79.9. The number of pyridine rings is 1. The molecule has 1 aliphatic rings. The number of hydrogen-bond donors (Lipinski definition) is 0. The molecule has 3 nitrogen and oxygen atoms in total. The van der Waals surface area contributed by atoms with Crippen LogP contribution in [0.25, 0.3) is 0 Å². The van der Waals surface area contributed by atoms with Gasteiger partial charge < -0.3 is 4.90 Å². The van der Waals surface area contributed by atoms with E-state index >= 15 is 0 Å². The molecule has 0 atom stereocenters. The molecule has 0 spiro atoms. The molecule has 1 aromatic heterocycles. The van der Waals surface area contributed by atoms with Gasteiger partial charge in [-0.25, -0.2) is 10.3 Å². The lowest BCUT2D eigenvalue weighted by molar-refractivity contribution is 0.575. The third kappa shape index (κ3) is 2.19. The predicted molar refractivity (Wildman–Crippen MR) is 56.0 cm³/mol. The summed E-state index contributed by atoms with van der Waals surface area (Å²) in [5.74, 6) is 1.05. The van der Waals surface area contributed by atoms with E-state index in [4.69, 9.17) is 0 Å².